The van der Waals surface area contributed by atoms with E-state index in [0.717, 1.165) is 11.8 Å². The molecule has 0 bridgehead atoms. The molecule has 1 atom stereocenters. The van der Waals surface area contributed by atoms with Crippen LogP contribution in [-0.2, 0) is 9.59 Å². The molecule has 1 aromatic carbocycles. The second-order valence-corrected chi connectivity index (χ2v) is 5.70. The van der Waals surface area contributed by atoms with Gasteiger partial charge in [0.25, 0.3) is 0 Å². The number of carboxylic acid groups (broad SMARTS) is 1. The molecule has 104 valence electrons. The van der Waals surface area contributed by atoms with Crippen LogP contribution in [0.4, 0.5) is 5.69 Å². The molecule has 2 N–H and O–H groups in total. The lowest BCUT2D eigenvalue weighted by atomic mass is 10.3. The number of halogens is 2. The highest BCUT2D eigenvalue weighted by Gasteiger charge is 2.17. The molecule has 0 radical (unpaired) electrons. The lowest BCUT2D eigenvalue weighted by Gasteiger charge is -2.11. The van der Waals surface area contributed by atoms with Gasteiger partial charge in [-0.05, 0) is 18.6 Å². The van der Waals surface area contributed by atoms with Crippen molar-refractivity contribution in [3.63, 3.8) is 0 Å². The van der Waals surface area contributed by atoms with Crippen LogP contribution in [0, 0.1) is 0 Å². The standard InChI is InChI=1S/C12H13Cl2NO3S/c1-2-9(12(17)18)19-6-10(16)15-11-7(13)4-3-5-8(11)14/h3-5,9H,2,6H2,1H3,(H,15,16)(H,17,18). The molecular weight excluding hydrogens is 309 g/mol. The summed E-state index contributed by atoms with van der Waals surface area (Å²) >= 11 is 12.9. The van der Waals surface area contributed by atoms with E-state index >= 15 is 0 Å². The SMILES string of the molecule is CCC(SCC(=O)Nc1c(Cl)cccc1Cl)C(=O)O. The van der Waals surface area contributed by atoms with Crippen molar-refractivity contribution in [2.24, 2.45) is 0 Å². The highest BCUT2D eigenvalue weighted by Crippen LogP contribution is 2.30. The van der Waals surface area contributed by atoms with E-state index in [1.807, 2.05) is 0 Å². The predicted molar refractivity (Wildman–Crippen MR) is 79.3 cm³/mol. The van der Waals surface area contributed by atoms with Crippen molar-refractivity contribution in [3.05, 3.63) is 28.2 Å². The summed E-state index contributed by atoms with van der Waals surface area (Å²) < 4.78 is 0. The van der Waals surface area contributed by atoms with Gasteiger partial charge in [0.15, 0.2) is 0 Å². The average Bonchev–Trinajstić information content (AvgIpc) is 2.34. The van der Waals surface area contributed by atoms with Crippen molar-refractivity contribution in [1.82, 2.24) is 0 Å². The molecular formula is C12H13Cl2NO3S. The number of carboxylic acids is 1. The molecule has 1 aromatic rings. The molecule has 1 unspecified atom stereocenters. The van der Waals surface area contributed by atoms with Gasteiger partial charge in [-0.2, -0.15) is 0 Å². The van der Waals surface area contributed by atoms with Crippen molar-refractivity contribution >= 4 is 52.5 Å². The molecule has 0 aliphatic carbocycles. The van der Waals surface area contributed by atoms with E-state index in [9.17, 15) is 9.59 Å². The third-order valence-corrected chi connectivity index (χ3v) is 4.29. The van der Waals surface area contributed by atoms with Gasteiger partial charge in [-0.1, -0.05) is 36.2 Å². The molecule has 1 rings (SSSR count). The maximum Gasteiger partial charge on any atom is 0.316 e. The molecule has 19 heavy (non-hydrogen) atoms. The number of anilines is 1. The van der Waals surface area contributed by atoms with Crippen LogP contribution in [0.2, 0.25) is 10.0 Å². The smallest absolute Gasteiger partial charge is 0.316 e. The summed E-state index contributed by atoms with van der Waals surface area (Å²) in [6, 6.07) is 4.90. The van der Waals surface area contributed by atoms with Gasteiger partial charge >= 0.3 is 5.97 Å². The Kier molecular flexibility index (Phi) is 6.48. The Balaban J connectivity index is 2.59. The number of aliphatic carboxylic acids is 1. The van der Waals surface area contributed by atoms with Crippen LogP contribution < -0.4 is 5.32 Å². The number of rotatable bonds is 6. The predicted octanol–water partition coefficient (Wildman–Crippen LogP) is 3.53. The maximum atomic E-state index is 11.7. The summed E-state index contributed by atoms with van der Waals surface area (Å²) in [4.78, 5) is 22.5. The third-order valence-electron chi connectivity index (χ3n) is 2.29. The number of carbonyl (C=O) groups excluding carboxylic acids is 1. The number of nitrogens with one attached hydrogen (secondary N) is 1. The average molecular weight is 322 g/mol. The fourth-order valence-electron chi connectivity index (χ4n) is 1.33. The molecule has 0 aliphatic heterocycles. The Morgan fingerprint density at radius 3 is 2.42 bits per heavy atom. The molecule has 0 fully saturated rings. The van der Waals surface area contributed by atoms with Crippen LogP contribution in [-0.4, -0.2) is 28.0 Å². The first-order valence-electron chi connectivity index (χ1n) is 5.54. The normalized spacial score (nSPS) is 11.9. The van der Waals surface area contributed by atoms with Crippen molar-refractivity contribution in [2.75, 3.05) is 11.1 Å². The third kappa shape index (κ3) is 4.93. The van der Waals surface area contributed by atoms with E-state index in [4.69, 9.17) is 28.3 Å². The summed E-state index contributed by atoms with van der Waals surface area (Å²) in [5.74, 6) is -1.22. The largest absolute Gasteiger partial charge is 0.480 e. The Hall–Kier alpha value is -0.910. The number of thioether (sulfide) groups is 1. The van der Waals surface area contributed by atoms with E-state index in [0.29, 0.717) is 22.2 Å². The Bertz CT molecular complexity index is 462. The molecule has 7 heteroatoms. The highest BCUT2D eigenvalue weighted by atomic mass is 35.5. The van der Waals surface area contributed by atoms with E-state index in [1.54, 1.807) is 25.1 Å². The van der Waals surface area contributed by atoms with Crippen molar-refractivity contribution in [1.29, 1.82) is 0 Å². The van der Waals surface area contributed by atoms with Crippen LogP contribution in [0.25, 0.3) is 0 Å². The molecule has 0 heterocycles. The summed E-state index contributed by atoms with van der Waals surface area (Å²) in [7, 11) is 0. The van der Waals surface area contributed by atoms with Crippen molar-refractivity contribution in [2.45, 2.75) is 18.6 Å². The molecule has 0 saturated carbocycles. The van der Waals surface area contributed by atoms with Gasteiger partial charge in [0.1, 0.15) is 5.25 Å². The van der Waals surface area contributed by atoms with Gasteiger partial charge in [0, 0.05) is 0 Å². The first-order chi connectivity index (χ1) is 8.95. The zero-order valence-electron chi connectivity index (χ0n) is 10.2. The van der Waals surface area contributed by atoms with Crippen LogP contribution in [0.15, 0.2) is 18.2 Å². The topological polar surface area (TPSA) is 66.4 Å². The van der Waals surface area contributed by atoms with Crippen LogP contribution >= 0.6 is 35.0 Å². The molecule has 0 aromatic heterocycles. The summed E-state index contributed by atoms with van der Waals surface area (Å²) in [6.45, 7) is 1.76. The fourth-order valence-corrected chi connectivity index (χ4v) is 2.63. The van der Waals surface area contributed by atoms with Gasteiger partial charge in [-0.15, -0.1) is 11.8 Å². The molecule has 0 saturated heterocycles. The molecule has 0 aliphatic rings. The van der Waals surface area contributed by atoms with Gasteiger partial charge < -0.3 is 10.4 Å². The molecule has 1 amide bonds. The van der Waals surface area contributed by atoms with E-state index in [1.165, 1.54) is 0 Å². The number of carbonyl (C=O) groups is 2. The second kappa shape index (κ2) is 7.62. The van der Waals surface area contributed by atoms with Gasteiger partial charge in [-0.25, -0.2) is 0 Å². The maximum absolute atomic E-state index is 11.7. The van der Waals surface area contributed by atoms with Crippen molar-refractivity contribution < 1.29 is 14.7 Å². The highest BCUT2D eigenvalue weighted by molar-refractivity contribution is 8.01. The summed E-state index contributed by atoms with van der Waals surface area (Å²) in [5.41, 5.74) is 0.347. The Morgan fingerprint density at radius 2 is 1.95 bits per heavy atom. The second-order valence-electron chi connectivity index (χ2n) is 3.69. The van der Waals surface area contributed by atoms with Crippen LogP contribution in [0.3, 0.4) is 0 Å². The number of amides is 1. The fraction of sp³-hybridized carbons (Fsp3) is 0.333. The van der Waals surface area contributed by atoms with Crippen LogP contribution in [0.1, 0.15) is 13.3 Å². The molecule has 4 nitrogen and oxygen atoms in total. The van der Waals surface area contributed by atoms with E-state index < -0.39 is 11.2 Å². The quantitative estimate of drug-likeness (QED) is 0.841. The minimum Gasteiger partial charge on any atom is -0.480 e. The number of para-hydroxylation sites is 1. The number of hydrogen-bond acceptors (Lipinski definition) is 3. The Labute approximate surface area is 125 Å². The van der Waals surface area contributed by atoms with Crippen LogP contribution in [0.5, 0.6) is 0 Å². The summed E-state index contributed by atoms with van der Waals surface area (Å²) in [6.07, 6.45) is 0.458. The minimum atomic E-state index is -0.920. The van der Waals surface area contributed by atoms with Gasteiger partial charge in [0.2, 0.25) is 5.91 Å². The number of hydrogen-bond donors (Lipinski definition) is 2. The zero-order valence-corrected chi connectivity index (χ0v) is 12.5. The summed E-state index contributed by atoms with van der Waals surface area (Å²) in [5, 5.41) is 11.5. The first-order valence-corrected chi connectivity index (χ1v) is 7.34. The molecule has 0 spiro atoms. The van der Waals surface area contributed by atoms with E-state index in [2.05, 4.69) is 5.32 Å². The van der Waals surface area contributed by atoms with Gasteiger partial charge in [-0.3, -0.25) is 9.59 Å². The first kappa shape index (κ1) is 16.1. The van der Waals surface area contributed by atoms with Gasteiger partial charge in [0.05, 0.1) is 21.5 Å². The van der Waals surface area contributed by atoms with Crippen molar-refractivity contribution in [3.8, 4) is 0 Å². The Morgan fingerprint density at radius 1 is 1.37 bits per heavy atom. The zero-order chi connectivity index (χ0) is 14.4. The number of benzene rings is 1. The lowest BCUT2D eigenvalue weighted by Crippen LogP contribution is -2.21. The minimum absolute atomic E-state index is 0.0341. The monoisotopic (exact) mass is 321 g/mol. The van der Waals surface area contributed by atoms with E-state index in [-0.39, 0.29) is 11.7 Å². The lowest BCUT2D eigenvalue weighted by molar-refractivity contribution is -0.136.